The van der Waals surface area contributed by atoms with Crippen LogP contribution < -0.4 is 0 Å². The fourth-order valence-corrected chi connectivity index (χ4v) is 2.44. The number of aryl methyl sites for hydroxylation is 1. The highest BCUT2D eigenvalue weighted by molar-refractivity contribution is 9.10. The van der Waals surface area contributed by atoms with Gasteiger partial charge in [-0.15, -0.1) is 11.3 Å². The Morgan fingerprint density at radius 1 is 1.62 bits per heavy atom. The molecule has 0 amide bonds. The van der Waals surface area contributed by atoms with Crippen LogP contribution in [0.25, 0.3) is 0 Å². The van der Waals surface area contributed by atoms with Crippen molar-refractivity contribution in [2.45, 2.75) is 6.42 Å². The first-order valence-corrected chi connectivity index (χ1v) is 5.49. The molecule has 0 atom stereocenters. The van der Waals surface area contributed by atoms with Crippen LogP contribution in [0.2, 0.25) is 0 Å². The Labute approximate surface area is 88.6 Å². The lowest BCUT2D eigenvalue weighted by Crippen LogP contribution is -1.98. The molecule has 2 aromatic rings. The molecule has 68 valence electrons. The minimum atomic E-state index is 0.891. The molecule has 0 spiro atoms. The second-order valence-corrected chi connectivity index (χ2v) is 4.38. The van der Waals surface area contributed by atoms with Gasteiger partial charge in [0.25, 0.3) is 0 Å². The van der Waals surface area contributed by atoms with Crippen LogP contribution in [0.1, 0.15) is 10.6 Å². The Bertz CT molecular complexity index is 369. The second-order valence-electron chi connectivity index (χ2n) is 2.69. The largest absolute Gasteiger partial charge is 0.272 e. The quantitative estimate of drug-likeness (QED) is 0.827. The molecule has 0 aromatic carbocycles. The number of hydrogen-bond donors (Lipinski definition) is 0. The van der Waals surface area contributed by atoms with Gasteiger partial charge in [0.05, 0.1) is 5.51 Å². The first-order chi connectivity index (χ1) is 6.27. The predicted octanol–water partition coefficient (Wildman–Crippen LogP) is 2.23. The van der Waals surface area contributed by atoms with E-state index in [2.05, 4.69) is 26.0 Å². The number of hydrogen-bond acceptors (Lipinski definition) is 3. The average molecular weight is 258 g/mol. The van der Waals surface area contributed by atoms with E-state index in [-0.39, 0.29) is 0 Å². The number of nitrogens with zero attached hydrogens (tertiary/aromatic N) is 3. The maximum absolute atomic E-state index is 4.13. The summed E-state index contributed by atoms with van der Waals surface area (Å²) in [4.78, 5) is 5.37. The van der Waals surface area contributed by atoms with Gasteiger partial charge in [-0.05, 0) is 22.0 Å². The van der Waals surface area contributed by atoms with Gasteiger partial charge in [-0.25, -0.2) is 4.98 Å². The van der Waals surface area contributed by atoms with Gasteiger partial charge in [0.15, 0.2) is 0 Å². The van der Waals surface area contributed by atoms with Crippen molar-refractivity contribution in [1.82, 2.24) is 14.8 Å². The van der Waals surface area contributed by atoms with Crippen LogP contribution in [0.15, 0.2) is 22.4 Å². The van der Waals surface area contributed by atoms with E-state index in [1.807, 2.05) is 29.5 Å². The van der Waals surface area contributed by atoms with Crippen LogP contribution in [-0.4, -0.2) is 14.8 Å². The molecule has 2 heterocycles. The van der Waals surface area contributed by atoms with E-state index >= 15 is 0 Å². The van der Waals surface area contributed by atoms with Crippen molar-refractivity contribution < 1.29 is 0 Å². The van der Waals surface area contributed by atoms with Crippen LogP contribution in [0.4, 0.5) is 0 Å². The Balaban J connectivity index is 2.24. The number of thiazole rings is 1. The Kier molecular flexibility index (Phi) is 2.46. The Morgan fingerprint density at radius 2 is 2.46 bits per heavy atom. The van der Waals surface area contributed by atoms with E-state index in [1.165, 1.54) is 10.6 Å². The van der Waals surface area contributed by atoms with E-state index in [0.717, 1.165) is 11.0 Å². The highest BCUT2D eigenvalue weighted by Crippen LogP contribution is 2.22. The highest BCUT2D eigenvalue weighted by atomic mass is 79.9. The molecule has 0 N–H and O–H groups in total. The second kappa shape index (κ2) is 3.59. The molecule has 0 radical (unpaired) electrons. The fraction of sp³-hybridized carbons (Fsp3) is 0.250. The smallest absolute Gasteiger partial charge is 0.120 e. The van der Waals surface area contributed by atoms with Gasteiger partial charge in [-0.3, -0.25) is 4.68 Å². The van der Waals surface area contributed by atoms with Crippen LogP contribution in [-0.2, 0) is 13.5 Å². The summed E-state index contributed by atoms with van der Waals surface area (Å²) in [6.07, 6.45) is 2.70. The first kappa shape index (κ1) is 8.90. The lowest BCUT2D eigenvalue weighted by atomic mass is 10.3. The summed E-state index contributed by atoms with van der Waals surface area (Å²) in [6.45, 7) is 0. The van der Waals surface area contributed by atoms with E-state index in [9.17, 15) is 0 Å². The summed E-state index contributed by atoms with van der Waals surface area (Å²) < 4.78 is 2.82. The van der Waals surface area contributed by atoms with Gasteiger partial charge < -0.3 is 0 Å². The molecule has 0 aliphatic heterocycles. The molecule has 5 heteroatoms. The normalized spacial score (nSPS) is 10.6. The Hall–Kier alpha value is -0.680. The summed E-state index contributed by atoms with van der Waals surface area (Å²) in [5.41, 5.74) is 3.04. The molecule has 2 rings (SSSR count). The van der Waals surface area contributed by atoms with E-state index in [4.69, 9.17) is 0 Å². The molecule has 0 fully saturated rings. The number of aromatic nitrogens is 3. The van der Waals surface area contributed by atoms with Crippen molar-refractivity contribution in [3.63, 3.8) is 0 Å². The summed E-state index contributed by atoms with van der Waals surface area (Å²) in [6, 6.07) is 2.02. The van der Waals surface area contributed by atoms with Crippen molar-refractivity contribution >= 4 is 27.3 Å². The molecular weight excluding hydrogens is 250 g/mol. The maximum Gasteiger partial charge on any atom is 0.120 e. The minimum Gasteiger partial charge on any atom is -0.272 e. The molecule has 0 saturated heterocycles. The maximum atomic E-state index is 4.13. The first-order valence-electron chi connectivity index (χ1n) is 3.82. The SMILES string of the molecule is Cn1nccc1Cc1scnc1Br. The zero-order chi connectivity index (χ0) is 9.26. The van der Waals surface area contributed by atoms with Gasteiger partial charge >= 0.3 is 0 Å². The molecule has 13 heavy (non-hydrogen) atoms. The van der Waals surface area contributed by atoms with Crippen molar-refractivity contribution in [3.8, 4) is 0 Å². The highest BCUT2D eigenvalue weighted by Gasteiger charge is 2.06. The number of rotatable bonds is 2. The molecule has 0 aliphatic carbocycles. The van der Waals surface area contributed by atoms with Crippen LogP contribution >= 0.6 is 27.3 Å². The molecule has 0 unspecified atom stereocenters. The van der Waals surface area contributed by atoms with E-state index < -0.39 is 0 Å². The van der Waals surface area contributed by atoms with Crippen LogP contribution in [0.3, 0.4) is 0 Å². The lowest BCUT2D eigenvalue weighted by molar-refractivity contribution is 0.725. The fourth-order valence-electron chi connectivity index (χ4n) is 1.11. The van der Waals surface area contributed by atoms with Gasteiger partial charge in [-0.2, -0.15) is 5.10 Å². The van der Waals surface area contributed by atoms with Crippen molar-refractivity contribution in [2.24, 2.45) is 7.05 Å². The standard InChI is InChI=1S/C8H8BrN3S/c1-12-6(2-3-11-12)4-7-8(9)10-5-13-7/h2-3,5H,4H2,1H3. The molecule has 3 nitrogen and oxygen atoms in total. The molecule has 0 bridgehead atoms. The monoisotopic (exact) mass is 257 g/mol. The third-order valence-corrected chi connectivity index (χ3v) is 3.63. The van der Waals surface area contributed by atoms with Crippen molar-refractivity contribution in [2.75, 3.05) is 0 Å². The Morgan fingerprint density at radius 3 is 3.00 bits per heavy atom. The third-order valence-electron chi connectivity index (χ3n) is 1.86. The summed E-state index contributed by atoms with van der Waals surface area (Å²) in [7, 11) is 1.95. The van der Waals surface area contributed by atoms with Gasteiger partial charge in [-0.1, -0.05) is 0 Å². The predicted molar refractivity (Wildman–Crippen MR) is 55.8 cm³/mol. The third kappa shape index (κ3) is 1.81. The van der Waals surface area contributed by atoms with Gasteiger partial charge in [0.2, 0.25) is 0 Å². The van der Waals surface area contributed by atoms with Gasteiger partial charge in [0, 0.05) is 30.2 Å². The molecule has 2 aromatic heterocycles. The lowest BCUT2D eigenvalue weighted by Gasteiger charge is -1.98. The van der Waals surface area contributed by atoms with E-state index in [0.29, 0.717) is 0 Å². The molecule has 0 saturated carbocycles. The van der Waals surface area contributed by atoms with Crippen LogP contribution in [0, 0.1) is 0 Å². The van der Waals surface area contributed by atoms with Gasteiger partial charge in [0.1, 0.15) is 4.60 Å². The zero-order valence-corrected chi connectivity index (χ0v) is 9.47. The molecular formula is C8H8BrN3S. The molecule has 0 aliphatic rings. The average Bonchev–Trinajstić information content (AvgIpc) is 2.65. The summed E-state index contributed by atoms with van der Waals surface area (Å²) in [5.74, 6) is 0. The van der Waals surface area contributed by atoms with Crippen molar-refractivity contribution in [3.05, 3.63) is 32.9 Å². The minimum absolute atomic E-state index is 0.891. The zero-order valence-electron chi connectivity index (χ0n) is 7.07. The van der Waals surface area contributed by atoms with Crippen LogP contribution in [0.5, 0.6) is 0 Å². The summed E-state index contributed by atoms with van der Waals surface area (Å²) >= 11 is 5.06. The summed E-state index contributed by atoms with van der Waals surface area (Å²) in [5, 5.41) is 4.11. The van der Waals surface area contributed by atoms with Crippen molar-refractivity contribution in [1.29, 1.82) is 0 Å². The number of halogens is 1. The topological polar surface area (TPSA) is 30.7 Å². The van der Waals surface area contributed by atoms with E-state index in [1.54, 1.807) is 11.3 Å².